The molecule has 2 aromatic carbocycles. The predicted octanol–water partition coefficient (Wildman–Crippen LogP) is 2.58. The second-order valence-electron chi connectivity index (χ2n) is 6.89. The second kappa shape index (κ2) is 8.31. The number of aliphatic hydroxyl groups excluding tert-OH is 1. The van der Waals surface area contributed by atoms with Gasteiger partial charge >= 0.3 is 0 Å². The molecule has 26 heavy (non-hydrogen) atoms. The van der Waals surface area contributed by atoms with Crippen LogP contribution in [0.4, 0.5) is 0 Å². The van der Waals surface area contributed by atoms with E-state index in [0.717, 1.165) is 18.7 Å². The zero-order valence-corrected chi connectivity index (χ0v) is 15.7. The first-order valence-electron chi connectivity index (χ1n) is 8.84. The number of nitrogens with zero attached hydrogens (tertiary/aromatic N) is 1. The van der Waals surface area contributed by atoms with Gasteiger partial charge in [-0.1, -0.05) is 48.0 Å². The van der Waals surface area contributed by atoms with Crippen molar-refractivity contribution in [2.75, 3.05) is 19.7 Å². The summed E-state index contributed by atoms with van der Waals surface area (Å²) < 4.78 is 29.9. The number of hydrogen-bond acceptors (Lipinski definition) is 5. The highest BCUT2D eigenvalue weighted by Gasteiger charge is 2.30. The molecule has 0 aromatic heterocycles. The lowest BCUT2D eigenvalue weighted by Crippen LogP contribution is -2.44. The van der Waals surface area contributed by atoms with Gasteiger partial charge in [0.15, 0.2) is 0 Å². The van der Waals surface area contributed by atoms with E-state index in [1.807, 2.05) is 25.1 Å². The van der Waals surface area contributed by atoms with E-state index >= 15 is 0 Å². The summed E-state index contributed by atoms with van der Waals surface area (Å²) >= 11 is 0. The van der Waals surface area contributed by atoms with E-state index in [-0.39, 0.29) is 17.4 Å². The number of rotatable bonds is 6. The van der Waals surface area contributed by atoms with Gasteiger partial charge in [-0.15, -0.1) is 0 Å². The number of likely N-dealkylation sites (tertiary alicyclic amines) is 1. The lowest BCUT2D eigenvalue weighted by Gasteiger charge is -2.35. The van der Waals surface area contributed by atoms with Gasteiger partial charge in [0.2, 0.25) is 0 Å². The molecule has 0 bridgehead atoms. The van der Waals surface area contributed by atoms with Crippen LogP contribution in [0.1, 0.15) is 17.5 Å². The first kappa shape index (κ1) is 19.0. The van der Waals surface area contributed by atoms with Gasteiger partial charge in [0, 0.05) is 25.6 Å². The first-order valence-corrected chi connectivity index (χ1v) is 10.3. The smallest absolute Gasteiger partial charge is 0.296 e. The molecule has 1 aliphatic rings. The van der Waals surface area contributed by atoms with Crippen LogP contribution in [0.3, 0.4) is 0 Å². The molecule has 0 radical (unpaired) electrons. The van der Waals surface area contributed by atoms with E-state index in [0.29, 0.717) is 13.0 Å². The molecule has 1 heterocycles. The van der Waals surface area contributed by atoms with Gasteiger partial charge in [-0.05, 0) is 31.0 Å². The summed E-state index contributed by atoms with van der Waals surface area (Å²) in [6, 6.07) is 16.7. The van der Waals surface area contributed by atoms with Gasteiger partial charge in [0.05, 0.1) is 17.6 Å². The van der Waals surface area contributed by atoms with E-state index in [4.69, 9.17) is 4.18 Å². The number of aryl methyl sites for hydroxylation is 1. The summed E-state index contributed by atoms with van der Waals surface area (Å²) in [5, 5.41) is 10.3. The van der Waals surface area contributed by atoms with E-state index in [1.165, 1.54) is 5.56 Å². The highest BCUT2D eigenvalue weighted by Crippen LogP contribution is 2.22. The largest absolute Gasteiger partial charge is 0.393 e. The fourth-order valence-corrected chi connectivity index (χ4v) is 4.15. The van der Waals surface area contributed by atoms with E-state index in [9.17, 15) is 13.5 Å². The van der Waals surface area contributed by atoms with Crippen molar-refractivity contribution in [3.63, 3.8) is 0 Å². The lowest BCUT2D eigenvalue weighted by molar-refractivity contribution is 0.00406. The minimum atomic E-state index is -3.81. The van der Waals surface area contributed by atoms with Gasteiger partial charge in [-0.3, -0.25) is 9.08 Å². The summed E-state index contributed by atoms with van der Waals surface area (Å²) in [5.74, 6) is -0.229. The summed E-state index contributed by atoms with van der Waals surface area (Å²) in [6.07, 6.45) is 0.0704. The Morgan fingerprint density at radius 2 is 1.81 bits per heavy atom. The quantitative estimate of drug-likeness (QED) is 0.786. The molecule has 1 N–H and O–H groups in total. The molecule has 0 aliphatic carbocycles. The van der Waals surface area contributed by atoms with E-state index in [1.54, 1.807) is 24.3 Å². The molecule has 5 nitrogen and oxygen atoms in total. The molecule has 1 saturated heterocycles. The van der Waals surface area contributed by atoms with Crippen molar-refractivity contribution in [2.45, 2.75) is 30.9 Å². The minimum Gasteiger partial charge on any atom is -0.393 e. The molecule has 140 valence electrons. The van der Waals surface area contributed by atoms with Crippen LogP contribution in [0.25, 0.3) is 0 Å². The average Bonchev–Trinajstić information content (AvgIpc) is 2.63. The molecule has 0 spiro atoms. The highest BCUT2D eigenvalue weighted by atomic mass is 32.2. The molecule has 2 aromatic rings. The lowest BCUT2D eigenvalue weighted by atomic mass is 9.95. The van der Waals surface area contributed by atoms with Crippen molar-refractivity contribution in [1.82, 2.24) is 4.90 Å². The first-order chi connectivity index (χ1) is 12.4. The fraction of sp³-hybridized carbons (Fsp3) is 0.400. The third-order valence-electron chi connectivity index (χ3n) is 4.77. The van der Waals surface area contributed by atoms with Crippen LogP contribution in [0.15, 0.2) is 59.5 Å². The Morgan fingerprint density at radius 1 is 1.12 bits per heavy atom. The zero-order chi connectivity index (χ0) is 18.6. The van der Waals surface area contributed by atoms with Crippen molar-refractivity contribution in [3.05, 3.63) is 65.7 Å². The normalized spacial score (nSPS) is 21.6. The summed E-state index contributed by atoms with van der Waals surface area (Å²) in [5.41, 5.74) is 2.19. The second-order valence-corrected chi connectivity index (χ2v) is 8.50. The van der Waals surface area contributed by atoms with Crippen LogP contribution < -0.4 is 0 Å². The summed E-state index contributed by atoms with van der Waals surface area (Å²) in [4.78, 5) is 2.38. The van der Waals surface area contributed by atoms with Crippen molar-refractivity contribution < 1.29 is 17.7 Å². The maximum Gasteiger partial charge on any atom is 0.296 e. The molecule has 2 atom stereocenters. The van der Waals surface area contributed by atoms with Crippen LogP contribution in [0.5, 0.6) is 0 Å². The summed E-state index contributed by atoms with van der Waals surface area (Å²) in [6.45, 7) is 4.07. The zero-order valence-electron chi connectivity index (χ0n) is 14.9. The SMILES string of the molecule is Cc1ccc(S(=O)(=O)OCC2CN(Cc3ccccc3)CCC2O)cc1. The topological polar surface area (TPSA) is 66.8 Å². The fourth-order valence-electron chi connectivity index (χ4n) is 3.19. The molecule has 0 saturated carbocycles. The Balaban J connectivity index is 1.60. The molecule has 3 rings (SSSR count). The van der Waals surface area contributed by atoms with Crippen molar-refractivity contribution >= 4 is 10.1 Å². The monoisotopic (exact) mass is 375 g/mol. The van der Waals surface area contributed by atoms with Gasteiger partial charge in [-0.25, -0.2) is 0 Å². The molecule has 1 fully saturated rings. The van der Waals surface area contributed by atoms with Crippen molar-refractivity contribution in [2.24, 2.45) is 5.92 Å². The van der Waals surface area contributed by atoms with Gasteiger partial charge in [-0.2, -0.15) is 8.42 Å². The average molecular weight is 375 g/mol. The van der Waals surface area contributed by atoms with Crippen molar-refractivity contribution in [3.8, 4) is 0 Å². The van der Waals surface area contributed by atoms with Crippen LogP contribution >= 0.6 is 0 Å². The number of hydrogen-bond donors (Lipinski definition) is 1. The van der Waals surface area contributed by atoms with Crippen LogP contribution in [0.2, 0.25) is 0 Å². The molecular formula is C20H25NO4S. The van der Waals surface area contributed by atoms with Crippen LogP contribution in [-0.2, 0) is 20.8 Å². The van der Waals surface area contributed by atoms with Gasteiger partial charge in [0.1, 0.15) is 0 Å². The maximum absolute atomic E-state index is 12.3. The molecule has 2 unspecified atom stereocenters. The van der Waals surface area contributed by atoms with Crippen molar-refractivity contribution in [1.29, 1.82) is 0 Å². The Morgan fingerprint density at radius 3 is 2.50 bits per heavy atom. The number of piperidine rings is 1. The third-order valence-corrected chi connectivity index (χ3v) is 6.07. The van der Waals surface area contributed by atoms with Gasteiger partial charge in [0.25, 0.3) is 10.1 Å². The third kappa shape index (κ3) is 4.92. The Hall–Kier alpha value is -1.73. The standard InChI is InChI=1S/C20H25NO4S/c1-16-7-9-19(10-8-16)26(23,24)25-15-18-14-21(12-11-20(18)22)13-17-5-3-2-4-6-17/h2-10,18,20,22H,11-15H2,1H3. The van der Waals surface area contributed by atoms with Crippen LogP contribution in [0, 0.1) is 12.8 Å². The molecular weight excluding hydrogens is 350 g/mol. The molecule has 6 heteroatoms. The van der Waals surface area contributed by atoms with E-state index in [2.05, 4.69) is 17.0 Å². The highest BCUT2D eigenvalue weighted by molar-refractivity contribution is 7.86. The Kier molecular flexibility index (Phi) is 6.09. The number of benzene rings is 2. The predicted molar refractivity (Wildman–Crippen MR) is 100 cm³/mol. The van der Waals surface area contributed by atoms with Crippen LogP contribution in [-0.4, -0.2) is 44.2 Å². The summed E-state index contributed by atoms with van der Waals surface area (Å²) in [7, 11) is -3.81. The van der Waals surface area contributed by atoms with E-state index < -0.39 is 16.2 Å². The number of aliphatic hydroxyl groups is 1. The molecule has 1 aliphatic heterocycles. The Bertz CT molecular complexity index is 805. The van der Waals surface area contributed by atoms with Gasteiger partial charge < -0.3 is 5.11 Å². The maximum atomic E-state index is 12.3. The molecule has 0 amide bonds. The Labute approximate surface area is 155 Å². The minimum absolute atomic E-state index is 0.0112.